The Labute approximate surface area is 53.8 Å². The summed E-state index contributed by atoms with van der Waals surface area (Å²) < 4.78 is 0.750. The molecule has 0 bridgehead atoms. The van der Waals surface area contributed by atoms with Gasteiger partial charge in [0.15, 0.2) is 12.4 Å². The quantitative estimate of drug-likeness (QED) is 0.391. The molecular formula is C6H9NO2. The first-order valence-corrected chi connectivity index (χ1v) is 2.48. The molecular weight excluding hydrogens is 118 g/mol. The summed E-state index contributed by atoms with van der Waals surface area (Å²) in [5.41, 5.74) is 0. The van der Waals surface area contributed by atoms with E-state index in [1.165, 1.54) is 12.4 Å². The van der Waals surface area contributed by atoms with Gasteiger partial charge in [0.05, 0.1) is 0 Å². The molecule has 0 aliphatic heterocycles. The van der Waals surface area contributed by atoms with Gasteiger partial charge in [-0.2, -0.15) is 4.73 Å². The van der Waals surface area contributed by atoms with Crippen molar-refractivity contribution in [1.82, 2.24) is 0 Å². The third-order valence-corrected chi connectivity index (χ3v) is 0.688. The Bertz CT molecular complexity index is 141. The van der Waals surface area contributed by atoms with Crippen LogP contribution in [0.1, 0.15) is 0 Å². The largest absolute Gasteiger partial charge is 0.619 e. The van der Waals surface area contributed by atoms with Crippen molar-refractivity contribution in [2.75, 3.05) is 7.11 Å². The highest BCUT2D eigenvalue weighted by Crippen LogP contribution is 1.72. The van der Waals surface area contributed by atoms with Crippen LogP contribution in [0.15, 0.2) is 30.6 Å². The van der Waals surface area contributed by atoms with Crippen molar-refractivity contribution < 1.29 is 9.84 Å². The van der Waals surface area contributed by atoms with Crippen LogP contribution in [0.5, 0.6) is 0 Å². The SMILES string of the molecule is CO.[O-][n+]1ccccc1. The number of aliphatic hydroxyl groups excluding tert-OH is 1. The van der Waals surface area contributed by atoms with Crippen LogP contribution >= 0.6 is 0 Å². The highest BCUT2D eigenvalue weighted by Gasteiger charge is 1.74. The zero-order valence-corrected chi connectivity index (χ0v) is 5.19. The van der Waals surface area contributed by atoms with Crippen molar-refractivity contribution >= 4 is 0 Å². The van der Waals surface area contributed by atoms with Crippen molar-refractivity contribution in [3.63, 3.8) is 0 Å². The van der Waals surface area contributed by atoms with Gasteiger partial charge in [-0.1, -0.05) is 6.07 Å². The molecule has 0 aromatic carbocycles. The average molecular weight is 127 g/mol. The summed E-state index contributed by atoms with van der Waals surface area (Å²) in [6, 6.07) is 5.18. The van der Waals surface area contributed by atoms with Crippen LogP contribution in [0.2, 0.25) is 0 Å². The maximum Gasteiger partial charge on any atom is 0.180 e. The molecule has 1 aromatic heterocycles. The fourth-order valence-corrected chi connectivity index (χ4v) is 0.383. The lowest BCUT2D eigenvalue weighted by atomic mass is 10.5. The summed E-state index contributed by atoms with van der Waals surface area (Å²) in [6.07, 6.45) is 2.89. The summed E-state index contributed by atoms with van der Waals surface area (Å²) >= 11 is 0. The van der Waals surface area contributed by atoms with E-state index in [1.807, 2.05) is 0 Å². The monoisotopic (exact) mass is 127 g/mol. The van der Waals surface area contributed by atoms with E-state index in [2.05, 4.69) is 0 Å². The second-order valence-corrected chi connectivity index (χ2v) is 1.24. The van der Waals surface area contributed by atoms with E-state index < -0.39 is 0 Å². The number of rotatable bonds is 0. The van der Waals surface area contributed by atoms with Gasteiger partial charge in [-0.15, -0.1) is 0 Å². The van der Waals surface area contributed by atoms with Gasteiger partial charge in [0.2, 0.25) is 0 Å². The van der Waals surface area contributed by atoms with Crippen LogP contribution in [0, 0.1) is 5.21 Å². The lowest BCUT2D eigenvalue weighted by Crippen LogP contribution is -2.22. The fourth-order valence-electron chi connectivity index (χ4n) is 0.383. The normalized spacial score (nSPS) is 7.33. The van der Waals surface area contributed by atoms with Gasteiger partial charge in [0.25, 0.3) is 0 Å². The van der Waals surface area contributed by atoms with Crippen LogP contribution in [0.3, 0.4) is 0 Å². The average Bonchev–Trinajstić information content (AvgIpc) is 1.94. The Hall–Kier alpha value is -1.09. The Kier molecular flexibility index (Phi) is 4.44. The summed E-state index contributed by atoms with van der Waals surface area (Å²) in [5, 5.41) is 17.2. The van der Waals surface area contributed by atoms with Gasteiger partial charge in [-0.3, -0.25) is 0 Å². The number of pyridine rings is 1. The molecule has 0 unspecified atom stereocenters. The first-order valence-electron chi connectivity index (χ1n) is 2.48. The first kappa shape index (κ1) is 7.91. The molecule has 3 nitrogen and oxygen atoms in total. The Balaban J connectivity index is 0.000000291. The second-order valence-electron chi connectivity index (χ2n) is 1.24. The molecule has 0 atom stereocenters. The Morgan fingerprint density at radius 1 is 1.11 bits per heavy atom. The molecule has 0 saturated heterocycles. The molecule has 0 spiro atoms. The van der Waals surface area contributed by atoms with Gasteiger partial charge < -0.3 is 10.3 Å². The molecule has 1 aromatic rings. The van der Waals surface area contributed by atoms with E-state index in [1.54, 1.807) is 18.2 Å². The molecule has 9 heavy (non-hydrogen) atoms. The van der Waals surface area contributed by atoms with E-state index in [4.69, 9.17) is 5.11 Å². The predicted octanol–water partition coefficient (Wildman–Crippen LogP) is -0.0715. The number of hydrogen-bond acceptors (Lipinski definition) is 2. The van der Waals surface area contributed by atoms with Crippen molar-refractivity contribution in [3.8, 4) is 0 Å². The van der Waals surface area contributed by atoms with Crippen molar-refractivity contribution in [1.29, 1.82) is 0 Å². The number of nitrogens with zero attached hydrogens (tertiary/aromatic N) is 1. The third kappa shape index (κ3) is 3.49. The van der Waals surface area contributed by atoms with E-state index >= 15 is 0 Å². The molecule has 0 aliphatic rings. The van der Waals surface area contributed by atoms with Gasteiger partial charge in [-0.25, -0.2) is 0 Å². The molecule has 1 heterocycles. The molecule has 1 N–H and O–H groups in total. The van der Waals surface area contributed by atoms with Gasteiger partial charge >= 0.3 is 0 Å². The van der Waals surface area contributed by atoms with Gasteiger partial charge in [0.1, 0.15) is 0 Å². The minimum atomic E-state index is 0.750. The predicted molar refractivity (Wildman–Crippen MR) is 33.5 cm³/mol. The smallest absolute Gasteiger partial charge is 0.180 e. The van der Waals surface area contributed by atoms with E-state index in [9.17, 15) is 5.21 Å². The van der Waals surface area contributed by atoms with Crippen LogP contribution in [-0.2, 0) is 0 Å². The molecule has 0 saturated carbocycles. The van der Waals surface area contributed by atoms with Crippen LogP contribution < -0.4 is 4.73 Å². The lowest BCUT2D eigenvalue weighted by Gasteiger charge is -1.88. The topological polar surface area (TPSA) is 47.2 Å². The minimum Gasteiger partial charge on any atom is -0.619 e. The number of hydrogen-bond donors (Lipinski definition) is 1. The molecule has 0 aliphatic carbocycles. The molecule has 0 fully saturated rings. The summed E-state index contributed by atoms with van der Waals surface area (Å²) in [4.78, 5) is 0. The molecule has 0 amide bonds. The zero-order valence-electron chi connectivity index (χ0n) is 5.19. The first-order chi connectivity index (χ1) is 4.39. The highest BCUT2D eigenvalue weighted by molar-refractivity contribution is 4.83. The Morgan fingerprint density at radius 2 is 1.56 bits per heavy atom. The van der Waals surface area contributed by atoms with Gasteiger partial charge in [-0.05, 0) is 0 Å². The summed E-state index contributed by atoms with van der Waals surface area (Å²) in [5.74, 6) is 0. The fraction of sp³-hybridized carbons (Fsp3) is 0.167. The maximum absolute atomic E-state index is 10.2. The molecule has 50 valence electrons. The number of aromatic nitrogens is 1. The van der Waals surface area contributed by atoms with E-state index in [0.29, 0.717) is 0 Å². The van der Waals surface area contributed by atoms with Crippen LogP contribution in [0.25, 0.3) is 0 Å². The van der Waals surface area contributed by atoms with Crippen molar-refractivity contribution in [2.45, 2.75) is 0 Å². The van der Waals surface area contributed by atoms with Crippen LogP contribution in [0.4, 0.5) is 0 Å². The highest BCUT2D eigenvalue weighted by atomic mass is 16.5. The Morgan fingerprint density at radius 3 is 1.78 bits per heavy atom. The summed E-state index contributed by atoms with van der Waals surface area (Å²) in [7, 11) is 1.00. The molecule has 3 heteroatoms. The number of aliphatic hydroxyl groups is 1. The standard InChI is InChI=1S/C5H5NO.CH4O/c7-6-4-2-1-3-5-6;1-2/h1-5H;2H,1H3. The maximum atomic E-state index is 10.2. The second kappa shape index (κ2) is 5.05. The third-order valence-electron chi connectivity index (χ3n) is 0.688. The molecule has 1 rings (SSSR count). The zero-order chi connectivity index (χ0) is 7.11. The van der Waals surface area contributed by atoms with E-state index in [0.717, 1.165) is 11.8 Å². The summed E-state index contributed by atoms with van der Waals surface area (Å²) in [6.45, 7) is 0. The van der Waals surface area contributed by atoms with Crippen LogP contribution in [-0.4, -0.2) is 12.2 Å². The molecule has 0 radical (unpaired) electrons. The van der Waals surface area contributed by atoms with Gasteiger partial charge in [0, 0.05) is 19.2 Å². The van der Waals surface area contributed by atoms with Crippen molar-refractivity contribution in [2.24, 2.45) is 0 Å². The van der Waals surface area contributed by atoms with E-state index in [-0.39, 0.29) is 0 Å². The minimum absolute atomic E-state index is 0.750. The lowest BCUT2D eigenvalue weighted by molar-refractivity contribution is -0.605. The van der Waals surface area contributed by atoms with Crippen molar-refractivity contribution in [3.05, 3.63) is 35.8 Å².